The van der Waals surface area contributed by atoms with E-state index in [9.17, 15) is 19.7 Å². The SMILES string of the molecule is O=C(COC(=O)c1ccc(Nc2ccccc2)c([N+](=O)[O-])c1)NCc1cccs1. The molecule has 0 saturated carbocycles. The molecule has 0 saturated heterocycles. The number of benzene rings is 2. The van der Waals surface area contributed by atoms with Crippen molar-refractivity contribution in [2.45, 2.75) is 6.54 Å². The maximum Gasteiger partial charge on any atom is 0.338 e. The van der Waals surface area contributed by atoms with Crippen LogP contribution in [0.5, 0.6) is 0 Å². The van der Waals surface area contributed by atoms with E-state index >= 15 is 0 Å². The van der Waals surface area contributed by atoms with Gasteiger partial charge in [-0.3, -0.25) is 14.9 Å². The highest BCUT2D eigenvalue weighted by atomic mass is 32.1. The van der Waals surface area contributed by atoms with Gasteiger partial charge in [-0.15, -0.1) is 11.3 Å². The molecule has 1 amide bonds. The standard InChI is InChI=1S/C20H17N3O5S/c24-19(21-12-16-7-4-10-29-16)13-28-20(25)14-8-9-17(18(11-14)23(26)27)22-15-5-2-1-3-6-15/h1-11,22H,12-13H2,(H,21,24). The molecule has 9 heteroatoms. The minimum atomic E-state index is -0.814. The quantitative estimate of drug-likeness (QED) is 0.331. The largest absolute Gasteiger partial charge is 0.452 e. The molecule has 1 heterocycles. The molecule has 0 radical (unpaired) electrons. The molecule has 2 aromatic carbocycles. The van der Waals surface area contributed by atoms with Crippen molar-refractivity contribution in [3.05, 3.63) is 86.6 Å². The van der Waals surface area contributed by atoms with E-state index in [1.165, 1.54) is 23.5 Å². The summed E-state index contributed by atoms with van der Waals surface area (Å²) in [6.45, 7) is -0.124. The summed E-state index contributed by atoms with van der Waals surface area (Å²) in [7, 11) is 0. The number of carbonyl (C=O) groups excluding carboxylic acids is 2. The molecule has 2 N–H and O–H groups in total. The second kappa shape index (κ2) is 9.47. The van der Waals surface area contributed by atoms with Crippen LogP contribution in [0.1, 0.15) is 15.2 Å². The molecular weight excluding hydrogens is 394 g/mol. The van der Waals surface area contributed by atoms with Crippen LogP contribution in [-0.2, 0) is 16.1 Å². The lowest BCUT2D eigenvalue weighted by atomic mass is 10.1. The number of thiophene rings is 1. The van der Waals surface area contributed by atoms with Gasteiger partial charge in [-0.2, -0.15) is 0 Å². The van der Waals surface area contributed by atoms with Crippen LogP contribution < -0.4 is 10.6 Å². The van der Waals surface area contributed by atoms with Gasteiger partial charge in [0.15, 0.2) is 6.61 Å². The number of hydrogen-bond donors (Lipinski definition) is 2. The number of amides is 1. The molecule has 29 heavy (non-hydrogen) atoms. The average molecular weight is 411 g/mol. The highest BCUT2D eigenvalue weighted by Crippen LogP contribution is 2.28. The smallest absolute Gasteiger partial charge is 0.338 e. The molecule has 0 bridgehead atoms. The Morgan fingerprint density at radius 2 is 1.86 bits per heavy atom. The zero-order valence-electron chi connectivity index (χ0n) is 15.2. The van der Waals surface area contributed by atoms with Crippen molar-refractivity contribution >= 4 is 40.3 Å². The van der Waals surface area contributed by atoms with Crippen LogP contribution in [0.15, 0.2) is 66.0 Å². The maximum atomic E-state index is 12.2. The third-order valence-corrected chi connectivity index (χ3v) is 4.73. The van der Waals surface area contributed by atoms with Gasteiger partial charge in [-0.05, 0) is 35.7 Å². The van der Waals surface area contributed by atoms with Crippen LogP contribution in [0, 0.1) is 10.1 Å². The molecule has 1 aromatic heterocycles. The number of esters is 1. The Hall–Kier alpha value is -3.72. The van der Waals surface area contributed by atoms with Crippen molar-refractivity contribution in [2.75, 3.05) is 11.9 Å². The maximum absolute atomic E-state index is 12.2. The van der Waals surface area contributed by atoms with Gasteiger partial charge in [0.1, 0.15) is 5.69 Å². The van der Waals surface area contributed by atoms with Gasteiger partial charge in [0, 0.05) is 16.6 Å². The molecule has 3 aromatic rings. The normalized spacial score (nSPS) is 10.2. The summed E-state index contributed by atoms with van der Waals surface area (Å²) in [5, 5.41) is 18.9. The van der Waals surface area contributed by atoms with E-state index in [-0.39, 0.29) is 16.9 Å². The summed E-state index contributed by atoms with van der Waals surface area (Å²) in [6.07, 6.45) is 0. The number of para-hydroxylation sites is 1. The monoisotopic (exact) mass is 411 g/mol. The van der Waals surface area contributed by atoms with E-state index in [0.29, 0.717) is 12.2 Å². The molecule has 0 atom stereocenters. The first kappa shape index (κ1) is 20.0. The number of rotatable bonds is 8. The molecule has 0 unspecified atom stereocenters. The Bertz CT molecular complexity index is 1010. The summed E-state index contributed by atoms with van der Waals surface area (Å²) >= 11 is 1.50. The van der Waals surface area contributed by atoms with Crippen molar-refractivity contribution in [3.8, 4) is 0 Å². The van der Waals surface area contributed by atoms with Gasteiger partial charge >= 0.3 is 5.97 Å². The van der Waals surface area contributed by atoms with Crippen LogP contribution >= 0.6 is 11.3 Å². The molecule has 3 rings (SSSR count). The molecule has 148 valence electrons. The van der Waals surface area contributed by atoms with Crippen molar-refractivity contribution in [1.82, 2.24) is 5.32 Å². The lowest BCUT2D eigenvalue weighted by Gasteiger charge is -2.09. The van der Waals surface area contributed by atoms with Gasteiger partial charge in [0.05, 0.1) is 17.0 Å². The van der Waals surface area contributed by atoms with Crippen LogP contribution in [0.3, 0.4) is 0 Å². The number of nitrogens with one attached hydrogen (secondary N) is 2. The third-order valence-electron chi connectivity index (χ3n) is 3.86. The fourth-order valence-corrected chi connectivity index (χ4v) is 3.10. The Kier molecular flexibility index (Phi) is 6.54. The first-order chi connectivity index (χ1) is 14.0. The van der Waals surface area contributed by atoms with E-state index < -0.39 is 23.4 Å². The Morgan fingerprint density at radius 3 is 2.55 bits per heavy atom. The zero-order chi connectivity index (χ0) is 20.6. The fraction of sp³-hybridized carbons (Fsp3) is 0.100. The number of nitro groups is 1. The molecular formula is C20H17N3O5S. The zero-order valence-corrected chi connectivity index (χ0v) is 16.0. The highest BCUT2D eigenvalue weighted by Gasteiger charge is 2.19. The molecule has 0 aliphatic rings. The van der Waals surface area contributed by atoms with Crippen molar-refractivity contribution in [1.29, 1.82) is 0 Å². The first-order valence-corrected chi connectivity index (χ1v) is 9.47. The number of hydrogen-bond acceptors (Lipinski definition) is 7. The molecule has 0 aliphatic heterocycles. The number of anilines is 2. The van der Waals surface area contributed by atoms with Crippen molar-refractivity contribution in [2.24, 2.45) is 0 Å². The fourth-order valence-electron chi connectivity index (χ4n) is 2.46. The topological polar surface area (TPSA) is 111 Å². The highest BCUT2D eigenvalue weighted by molar-refractivity contribution is 7.09. The van der Waals surface area contributed by atoms with Gasteiger partial charge < -0.3 is 15.4 Å². The minimum absolute atomic E-state index is 0.0126. The Balaban J connectivity index is 1.62. The van der Waals surface area contributed by atoms with Crippen LogP contribution in [-0.4, -0.2) is 23.4 Å². The van der Waals surface area contributed by atoms with E-state index in [4.69, 9.17) is 4.74 Å². The van der Waals surface area contributed by atoms with E-state index in [0.717, 1.165) is 10.9 Å². The minimum Gasteiger partial charge on any atom is -0.452 e. The van der Waals surface area contributed by atoms with E-state index in [2.05, 4.69) is 10.6 Å². The lowest BCUT2D eigenvalue weighted by molar-refractivity contribution is -0.383. The average Bonchev–Trinajstić information content (AvgIpc) is 3.25. The predicted octanol–water partition coefficient (Wildman–Crippen LogP) is 3.87. The number of nitro benzene ring substituents is 1. The summed E-state index contributed by atoms with van der Waals surface area (Å²) in [5.41, 5.74) is 0.631. The summed E-state index contributed by atoms with van der Waals surface area (Å²) in [4.78, 5) is 35.8. The van der Waals surface area contributed by atoms with E-state index in [1.54, 1.807) is 24.3 Å². The second-order valence-corrected chi connectivity index (χ2v) is 6.94. The van der Waals surface area contributed by atoms with Crippen molar-refractivity contribution in [3.63, 3.8) is 0 Å². The molecule has 0 spiro atoms. The molecule has 8 nitrogen and oxygen atoms in total. The number of carbonyl (C=O) groups is 2. The summed E-state index contributed by atoms with van der Waals surface area (Å²) < 4.78 is 4.96. The van der Waals surface area contributed by atoms with Crippen LogP contribution in [0.25, 0.3) is 0 Å². The Labute approximate surface area is 170 Å². The number of ether oxygens (including phenoxy) is 1. The second-order valence-electron chi connectivity index (χ2n) is 5.91. The first-order valence-electron chi connectivity index (χ1n) is 8.59. The van der Waals surface area contributed by atoms with E-state index in [1.807, 2.05) is 23.6 Å². The molecule has 0 fully saturated rings. The van der Waals surface area contributed by atoms with Crippen molar-refractivity contribution < 1.29 is 19.2 Å². The summed E-state index contributed by atoms with van der Waals surface area (Å²) in [5.74, 6) is -1.27. The van der Waals surface area contributed by atoms with Crippen LogP contribution in [0.2, 0.25) is 0 Å². The van der Waals surface area contributed by atoms with Gasteiger partial charge in [-0.25, -0.2) is 4.79 Å². The van der Waals surface area contributed by atoms with Crippen LogP contribution in [0.4, 0.5) is 17.1 Å². The van der Waals surface area contributed by atoms with Gasteiger partial charge in [-0.1, -0.05) is 24.3 Å². The molecule has 0 aliphatic carbocycles. The Morgan fingerprint density at radius 1 is 1.07 bits per heavy atom. The van der Waals surface area contributed by atoms with Gasteiger partial charge in [0.2, 0.25) is 0 Å². The number of nitrogens with zero attached hydrogens (tertiary/aromatic N) is 1. The van der Waals surface area contributed by atoms with Gasteiger partial charge in [0.25, 0.3) is 11.6 Å². The third kappa shape index (κ3) is 5.63. The predicted molar refractivity (Wildman–Crippen MR) is 109 cm³/mol. The summed E-state index contributed by atoms with van der Waals surface area (Å²) in [6, 6.07) is 16.7. The lowest BCUT2D eigenvalue weighted by Crippen LogP contribution is -2.28.